The standard InChI is InChI=1S/C27H33FO5/c1-31-21-8-9-25(28)24(15-21)27(32-2)12-10-18(11-13-27)17-33-22-5-3-4-20(14-22)23(16-26(29)30)19-6-7-19/h3-5,8-9,14-15,18-19,23H,6-7,10-13,16-17H2,1-2H3,(H,29,30)/t18-,23?,27-. The van der Waals surface area contributed by atoms with Crippen molar-refractivity contribution in [3.05, 3.63) is 59.4 Å². The summed E-state index contributed by atoms with van der Waals surface area (Å²) in [6.45, 7) is 0.580. The third kappa shape index (κ3) is 5.49. The normalized spacial score (nSPS) is 23.7. The monoisotopic (exact) mass is 456 g/mol. The van der Waals surface area contributed by atoms with Gasteiger partial charge in [-0.1, -0.05) is 12.1 Å². The van der Waals surface area contributed by atoms with Crippen molar-refractivity contribution < 1.29 is 28.5 Å². The van der Waals surface area contributed by atoms with Crippen LogP contribution in [-0.4, -0.2) is 31.9 Å². The third-order valence-electron chi connectivity index (χ3n) is 7.33. The van der Waals surface area contributed by atoms with Gasteiger partial charge in [-0.15, -0.1) is 0 Å². The van der Waals surface area contributed by atoms with E-state index >= 15 is 0 Å². The Morgan fingerprint density at radius 3 is 2.48 bits per heavy atom. The summed E-state index contributed by atoms with van der Waals surface area (Å²) in [6, 6.07) is 12.7. The van der Waals surface area contributed by atoms with Gasteiger partial charge in [0.2, 0.25) is 0 Å². The average molecular weight is 457 g/mol. The van der Waals surface area contributed by atoms with E-state index in [4.69, 9.17) is 14.2 Å². The lowest BCUT2D eigenvalue weighted by atomic mass is 9.75. The number of aliphatic carboxylic acids is 1. The Morgan fingerprint density at radius 2 is 1.85 bits per heavy atom. The summed E-state index contributed by atoms with van der Waals surface area (Å²) in [4.78, 5) is 11.3. The van der Waals surface area contributed by atoms with Crippen LogP contribution in [0.4, 0.5) is 4.39 Å². The SMILES string of the molecule is COc1ccc(F)c([C@]2(OC)CC[C@H](COc3cccc(C(CC(=O)O)C4CC4)c3)CC2)c1. The van der Waals surface area contributed by atoms with Gasteiger partial charge < -0.3 is 19.3 Å². The Hall–Kier alpha value is -2.60. The number of rotatable bonds is 10. The predicted molar refractivity (Wildman–Crippen MR) is 123 cm³/mol. The largest absolute Gasteiger partial charge is 0.497 e. The molecule has 2 aliphatic rings. The Labute approximate surface area is 194 Å². The highest BCUT2D eigenvalue weighted by Gasteiger charge is 2.39. The molecule has 1 N–H and O–H groups in total. The van der Waals surface area contributed by atoms with E-state index < -0.39 is 11.6 Å². The lowest BCUT2D eigenvalue weighted by Gasteiger charge is -2.39. The van der Waals surface area contributed by atoms with Gasteiger partial charge in [-0.2, -0.15) is 0 Å². The van der Waals surface area contributed by atoms with Crippen molar-refractivity contribution in [1.82, 2.24) is 0 Å². The van der Waals surface area contributed by atoms with Gasteiger partial charge in [0.15, 0.2) is 0 Å². The molecule has 0 saturated heterocycles. The fourth-order valence-electron chi connectivity index (χ4n) is 5.17. The van der Waals surface area contributed by atoms with Crippen molar-refractivity contribution in [2.24, 2.45) is 11.8 Å². The molecule has 0 bridgehead atoms. The van der Waals surface area contributed by atoms with E-state index in [1.54, 1.807) is 26.4 Å². The molecule has 0 aliphatic heterocycles. The highest BCUT2D eigenvalue weighted by atomic mass is 19.1. The number of benzene rings is 2. The first kappa shape index (κ1) is 23.6. The van der Waals surface area contributed by atoms with Gasteiger partial charge in [0.25, 0.3) is 0 Å². The lowest BCUT2D eigenvalue weighted by Crippen LogP contribution is -2.36. The highest BCUT2D eigenvalue weighted by molar-refractivity contribution is 5.68. The lowest BCUT2D eigenvalue weighted by molar-refractivity contribution is -0.137. The molecule has 0 amide bonds. The maximum Gasteiger partial charge on any atom is 0.303 e. The second-order valence-corrected chi connectivity index (χ2v) is 9.41. The molecule has 2 aromatic carbocycles. The second-order valence-electron chi connectivity index (χ2n) is 9.41. The zero-order valence-corrected chi connectivity index (χ0v) is 19.4. The number of carboxylic acid groups (broad SMARTS) is 1. The molecule has 4 rings (SSSR count). The van der Waals surface area contributed by atoms with E-state index in [0.717, 1.165) is 37.0 Å². The highest BCUT2D eigenvalue weighted by Crippen LogP contribution is 2.46. The first-order valence-corrected chi connectivity index (χ1v) is 11.8. The molecule has 0 aromatic heterocycles. The summed E-state index contributed by atoms with van der Waals surface area (Å²) < 4.78 is 31.9. The van der Waals surface area contributed by atoms with Gasteiger partial charge in [0.05, 0.1) is 25.7 Å². The van der Waals surface area contributed by atoms with Crippen molar-refractivity contribution in [3.8, 4) is 11.5 Å². The van der Waals surface area contributed by atoms with Gasteiger partial charge in [-0.3, -0.25) is 4.79 Å². The van der Waals surface area contributed by atoms with Crippen molar-refractivity contribution >= 4 is 5.97 Å². The molecule has 33 heavy (non-hydrogen) atoms. The Morgan fingerprint density at radius 1 is 1.09 bits per heavy atom. The second kappa shape index (κ2) is 10.1. The van der Waals surface area contributed by atoms with Gasteiger partial charge in [-0.05, 0) is 92.2 Å². The summed E-state index contributed by atoms with van der Waals surface area (Å²) in [7, 11) is 3.23. The van der Waals surface area contributed by atoms with Crippen LogP contribution in [0, 0.1) is 17.7 Å². The molecular weight excluding hydrogens is 423 g/mol. The van der Waals surface area contributed by atoms with Crippen LogP contribution in [0.25, 0.3) is 0 Å². The van der Waals surface area contributed by atoms with Crippen LogP contribution in [0.15, 0.2) is 42.5 Å². The summed E-state index contributed by atoms with van der Waals surface area (Å²) in [5.74, 6) is 1.26. The molecular formula is C27H33FO5. The molecule has 2 fully saturated rings. The molecule has 0 radical (unpaired) electrons. The van der Waals surface area contributed by atoms with Crippen LogP contribution in [0.3, 0.4) is 0 Å². The maximum atomic E-state index is 14.6. The van der Waals surface area contributed by atoms with Crippen LogP contribution in [0.2, 0.25) is 0 Å². The fraction of sp³-hybridized carbons (Fsp3) is 0.519. The van der Waals surface area contributed by atoms with E-state index in [1.165, 1.54) is 6.07 Å². The molecule has 2 saturated carbocycles. The Bertz CT molecular complexity index is 963. The number of carbonyl (C=O) groups is 1. The maximum absolute atomic E-state index is 14.6. The number of methoxy groups -OCH3 is 2. The molecule has 2 aliphatic carbocycles. The molecule has 0 spiro atoms. The minimum absolute atomic E-state index is 0.0563. The quantitative estimate of drug-likeness (QED) is 0.481. The van der Waals surface area contributed by atoms with Crippen molar-refractivity contribution in [2.45, 2.75) is 56.5 Å². The van der Waals surface area contributed by atoms with Crippen LogP contribution in [0.1, 0.15) is 62.0 Å². The van der Waals surface area contributed by atoms with E-state index in [9.17, 15) is 14.3 Å². The smallest absolute Gasteiger partial charge is 0.303 e. The molecule has 1 atom stereocenters. The molecule has 178 valence electrons. The summed E-state index contributed by atoms with van der Waals surface area (Å²) >= 11 is 0. The number of hydrogen-bond donors (Lipinski definition) is 1. The number of hydrogen-bond acceptors (Lipinski definition) is 4. The van der Waals surface area contributed by atoms with E-state index in [1.807, 2.05) is 24.3 Å². The summed E-state index contributed by atoms with van der Waals surface area (Å²) in [5.41, 5.74) is 0.956. The minimum atomic E-state index is -0.755. The van der Waals surface area contributed by atoms with Gasteiger partial charge in [0, 0.05) is 12.7 Å². The zero-order valence-electron chi connectivity index (χ0n) is 19.4. The fourth-order valence-corrected chi connectivity index (χ4v) is 5.17. The van der Waals surface area contributed by atoms with Crippen LogP contribution >= 0.6 is 0 Å². The molecule has 6 heteroatoms. The van der Waals surface area contributed by atoms with E-state index in [2.05, 4.69) is 0 Å². The van der Waals surface area contributed by atoms with E-state index in [-0.39, 0.29) is 18.2 Å². The summed E-state index contributed by atoms with van der Waals surface area (Å²) in [6.07, 6.45) is 5.52. The van der Waals surface area contributed by atoms with Crippen molar-refractivity contribution in [1.29, 1.82) is 0 Å². The number of ether oxygens (including phenoxy) is 3. The van der Waals surface area contributed by atoms with E-state index in [0.29, 0.717) is 42.6 Å². The van der Waals surface area contributed by atoms with Crippen molar-refractivity contribution in [3.63, 3.8) is 0 Å². The average Bonchev–Trinajstić information content (AvgIpc) is 3.67. The first-order chi connectivity index (χ1) is 15.9. The molecule has 5 nitrogen and oxygen atoms in total. The van der Waals surface area contributed by atoms with Crippen molar-refractivity contribution in [2.75, 3.05) is 20.8 Å². The van der Waals surface area contributed by atoms with Crippen LogP contribution in [-0.2, 0) is 15.1 Å². The molecule has 2 aromatic rings. The van der Waals surface area contributed by atoms with Gasteiger partial charge in [-0.25, -0.2) is 4.39 Å². The minimum Gasteiger partial charge on any atom is -0.497 e. The number of halogens is 1. The summed E-state index contributed by atoms with van der Waals surface area (Å²) in [5, 5.41) is 9.28. The van der Waals surface area contributed by atoms with Crippen LogP contribution < -0.4 is 9.47 Å². The number of carboxylic acids is 1. The third-order valence-corrected chi connectivity index (χ3v) is 7.33. The Kier molecular flexibility index (Phi) is 7.23. The van der Waals surface area contributed by atoms with Gasteiger partial charge >= 0.3 is 5.97 Å². The van der Waals surface area contributed by atoms with Crippen LogP contribution in [0.5, 0.6) is 11.5 Å². The topological polar surface area (TPSA) is 65.0 Å². The predicted octanol–water partition coefficient (Wildman–Crippen LogP) is 5.91. The zero-order chi connectivity index (χ0) is 23.4. The Balaban J connectivity index is 1.37. The molecule has 0 heterocycles. The van der Waals surface area contributed by atoms with Gasteiger partial charge in [0.1, 0.15) is 17.3 Å². The molecule has 1 unspecified atom stereocenters. The first-order valence-electron chi connectivity index (χ1n) is 11.8.